The molecular weight excluding hydrogens is 340 g/mol. The molecule has 0 atom stereocenters. The van der Waals surface area contributed by atoms with Crippen LogP contribution < -0.4 is 14.9 Å². The SMILES string of the molecule is CC1(C)Cc2cccc(OCC(=O)N/N=C/c3ccc(Cl)cc3)c2O1. The lowest BCUT2D eigenvalue weighted by Crippen LogP contribution is -2.26. The molecule has 0 unspecified atom stereocenters. The van der Waals surface area contributed by atoms with E-state index in [1.807, 2.05) is 26.0 Å². The van der Waals surface area contributed by atoms with E-state index in [0.717, 1.165) is 17.5 Å². The summed E-state index contributed by atoms with van der Waals surface area (Å²) >= 11 is 5.81. The molecular formula is C19H19ClN2O3. The Labute approximate surface area is 151 Å². The molecule has 6 heteroatoms. The van der Waals surface area contributed by atoms with Crippen LogP contribution in [0.15, 0.2) is 47.6 Å². The Kier molecular flexibility index (Phi) is 4.95. The van der Waals surface area contributed by atoms with Gasteiger partial charge in [-0.15, -0.1) is 0 Å². The Hall–Kier alpha value is -2.53. The number of halogens is 1. The first kappa shape index (κ1) is 17.3. The van der Waals surface area contributed by atoms with Crippen LogP contribution in [0.2, 0.25) is 5.02 Å². The number of carbonyl (C=O) groups is 1. The van der Waals surface area contributed by atoms with Crippen molar-refractivity contribution in [3.63, 3.8) is 0 Å². The predicted octanol–water partition coefficient (Wildman–Crippen LogP) is 3.58. The lowest BCUT2D eigenvalue weighted by Gasteiger charge is -2.18. The number of para-hydroxylation sites is 1. The topological polar surface area (TPSA) is 59.9 Å². The molecule has 2 aromatic rings. The zero-order valence-corrected chi connectivity index (χ0v) is 14.8. The molecule has 1 aliphatic rings. The summed E-state index contributed by atoms with van der Waals surface area (Å²) in [4.78, 5) is 11.9. The maximum absolute atomic E-state index is 11.9. The van der Waals surface area contributed by atoms with Crippen LogP contribution in [-0.2, 0) is 11.2 Å². The van der Waals surface area contributed by atoms with E-state index in [1.165, 1.54) is 0 Å². The standard InChI is InChI=1S/C19H19ClN2O3/c1-19(2)10-14-4-3-5-16(18(14)25-19)24-12-17(23)22-21-11-13-6-8-15(20)9-7-13/h3-9,11H,10,12H2,1-2H3,(H,22,23)/b21-11+. The quantitative estimate of drug-likeness (QED) is 0.656. The third kappa shape index (κ3) is 4.51. The van der Waals surface area contributed by atoms with Gasteiger partial charge >= 0.3 is 0 Å². The van der Waals surface area contributed by atoms with Gasteiger partial charge in [-0.05, 0) is 37.6 Å². The number of nitrogens with zero attached hydrogens (tertiary/aromatic N) is 1. The van der Waals surface area contributed by atoms with Crippen LogP contribution in [0.1, 0.15) is 25.0 Å². The first-order valence-corrected chi connectivity index (χ1v) is 8.32. The van der Waals surface area contributed by atoms with Crippen molar-refractivity contribution < 1.29 is 14.3 Å². The van der Waals surface area contributed by atoms with Gasteiger partial charge in [-0.3, -0.25) is 4.79 Å². The van der Waals surface area contributed by atoms with Crippen molar-refractivity contribution in [2.75, 3.05) is 6.61 Å². The van der Waals surface area contributed by atoms with E-state index >= 15 is 0 Å². The molecule has 25 heavy (non-hydrogen) atoms. The first-order valence-electron chi connectivity index (χ1n) is 7.94. The van der Waals surface area contributed by atoms with E-state index in [0.29, 0.717) is 16.5 Å². The van der Waals surface area contributed by atoms with Crippen molar-refractivity contribution in [1.29, 1.82) is 0 Å². The molecule has 0 fully saturated rings. The molecule has 0 spiro atoms. The largest absolute Gasteiger partial charge is 0.483 e. The minimum absolute atomic E-state index is 0.141. The summed E-state index contributed by atoms with van der Waals surface area (Å²) in [6, 6.07) is 12.8. The third-order valence-corrected chi connectivity index (χ3v) is 3.94. The molecule has 0 radical (unpaired) electrons. The monoisotopic (exact) mass is 358 g/mol. The molecule has 130 valence electrons. The summed E-state index contributed by atoms with van der Waals surface area (Å²) in [5.41, 5.74) is 4.10. The molecule has 1 heterocycles. The molecule has 1 amide bonds. The van der Waals surface area contributed by atoms with Crippen LogP contribution in [0, 0.1) is 0 Å². The normalized spacial score (nSPS) is 14.8. The number of hydrogen-bond acceptors (Lipinski definition) is 4. The van der Waals surface area contributed by atoms with Gasteiger partial charge in [0.2, 0.25) is 0 Å². The van der Waals surface area contributed by atoms with Gasteiger partial charge in [0.05, 0.1) is 6.21 Å². The fourth-order valence-corrected chi connectivity index (χ4v) is 2.73. The number of carbonyl (C=O) groups excluding carboxylic acids is 1. The molecule has 0 bridgehead atoms. The Morgan fingerprint density at radius 1 is 1.32 bits per heavy atom. The van der Waals surface area contributed by atoms with E-state index < -0.39 is 0 Å². The second kappa shape index (κ2) is 7.15. The first-order chi connectivity index (χ1) is 11.9. The molecule has 0 aromatic heterocycles. The van der Waals surface area contributed by atoms with Gasteiger partial charge in [-0.2, -0.15) is 5.10 Å². The number of ether oxygens (including phenoxy) is 2. The number of nitrogens with one attached hydrogen (secondary N) is 1. The van der Waals surface area contributed by atoms with Crippen LogP contribution in [0.5, 0.6) is 11.5 Å². The van der Waals surface area contributed by atoms with Crippen molar-refractivity contribution in [3.05, 3.63) is 58.6 Å². The van der Waals surface area contributed by atoms with Crippen molar-refractivity contribution in [2.45, 2.75) is 25.9 Å². The average molecular weight is 359 g/mol. The van der Waals surface area contributed by atoms with Gasteiger partial charge in [-0.1, -0.05) is 35.9 Å². The number of hydrazone groups is 1. The number of rotatable bonds is 5. The van der Waals surface area contributed by atoms with Gasteiger partial charge in [0.1, 0.15) is 5.60 Å². The summed E-state index contributed by atoms with van der Waals surface area (Å²) in [7, 11) is 0. The Morgan fingerprint density at radius 3 is 2.84 bits per heavy atom. The predicted molar refractivity (Wildman–Crippen MR) is 97.5 cm³/mol. The highest BCUT2D eigenvalue weighted by Gasteiger charge is 2.32. The number of fused-ring (bicyclic) bond motifs is 1. The number of amides is 1. The fraction of sp³-hybridized carbons (Fsp3) is 0.263. The third-order valence-electron chi connectivity index (χ3n) is 3.69. The van der Waals surface area contributed by atoms with E-state index in [2.05, 4.69) is 10.5 Å². The highest BCUT2D eigenvalue weighted by atomic mass is 35.5. The Morgan fingerprint density at radius 2 is 2.08 bits per heavy atom. The minimum atomic E-state index is -0.347. The number of hydrogen-bond donors (Lipinski definition) is 1. The van der Waals surface area contributed by atoms with Crippen molar-refractivity contribution in [1.82, 2.24) is 5.43 Å². The van der Waals surface area contributed by atoms with Crippen molar-refractivity contribution >= 4 is 23.7 Å². The number of benzene rings is 2. The van der Waals surface area contributed by atoms with Crippen molar-refractivity contribution in [3.8, 4) is 11.5 Å². The van der Waals surface area contributed by atoms with E-state index in [9.17, 15) is 4.79 Å². The molecule has 3 rings (SSSR count). The zero-order chi connectivity index (χ0) is 17.9. The summed E-state index contributed by atoms with van der Waals surface area (Å²) in [5, 5.41) is 4.55. The summed E-state index contributed by atoms with van der Waals surface area (Å²) in [6.45, 7) is 3.90. The Bertz CT molecular complexity index is 801. The smallest absolute Gasteiger partial charge is 0.277 e. The lowest BCUT2D eigenvalue weighted by atomic mass is 10.0. The molecule has 5 nitrogen and oxygen atoms in total. The zero-order valence-electron chi connectivity index (χ0n) is 14.1. The van der Waals surface area contributed by atoms with Gasteiger partial charge in [0.25, 0.3) is 5.91 Å². The van der Waals surface area contributed by atoms with Crippen LogP contribution in [-0.4, -0.2) is 24.3 Å². The Balaban J connectivity index is 1.54. The summed E-state index contributed by atoms with van der Waals surface area (Å²) < 4.78 is 11.5. The fourth-order valence-electron chi connectivity index (χ4n) is 2.60. The van der Waals surface area contributed by atoms with Crippen LogP contribution in [0.3, 0.4) is 0 Å². The maximum Gasteiger partial charge on any atom is 0.277 e. The molecule has 0 saturated carbocycles. The summed E-state index contributed by atoms with van der Waals surface area (Å²) in [6.07, 6.45) is 2.36. The van der Waals surface area contributed by atoms with E-state index in [4.69, 9.17) is 21.1 Å². The highest BCUT2D eigenvalue weighted by molar-refractivity contribution is 6.30. The molecule has 1 aliphatic heterocycles. The minimum Gasteiger partial charge on any atom is -0.483 e. The highest BCUT2D eigenvalue weighted by Crippen LogP contribution is 2.41. The van der Waals surface area contributed by atoms with Crippen molar-refractivity contribution in [2.24, 2.45) is 5.10 Å². The summed E-state index contributed by atoms with van der Waals surface area (Å²) in [5.74, 6) is 0.935. The van der Waals surface area contributed by atoms with Crippen LogP contribution >= 0.6 is 11.6 Å². The lowest BCUT2D eigenvalue weighted by molar-refractivity contribution is -0.123. The van der Waals surface area contributed by atoms with E-state index in [-0.39, 0.29) is 18.1 Å². The van der Waals surface area contributed by atoms with Gasteiger partial charge < -0.3 is 9.47 Å². The van der Waals surface area contributed by atoms with Gasteiger partial charge in [0, 0.05) is 17.0 Å². The molecule has 1 N–H and O–H groups in total. The molecule has 2 aromatic carbocycles. The second-order valence-electron chi connectivity index (χ2n) is 6.42. The van der Waals surface area contributed by atoms with Crippen LogP contribution in [0.4, 0.5) is 0 Å². The van der Waals surface area contributed by atoms with Crippen LogP contribution in [0.25, 0.3) is 0 Å². The maximum atomic E-state index is 11.9. The molecule has 0 aliphatic carbocycles. The average Bonchev–Trinajstić information content (AvgIpc) is 2.89. The van der Waals surface area contributed by atoms with Gasteiger partial charge in [-0.25, -0.2) is 5.43 Å². The van der Waals surface area contributed by atoms with Gasteiger partial charge in [0.15, 0.2) is 18.1 Å². The second-order valence-corrected chi connectivity index (χ2v) is 6.85. The molecule has 0 saturated heterocycles. The van der Waals surface area contributed by atoms with E-state index in [1.54, 1.807) is 36.5 Å².